The van der Waals surface area contributed by atoms with Gasteiger partial charge in [0.1, 0.15) is 0 Å². The third-order valence-corrected chi connectivity index (χ3v) is 4.38. The average molecular weight is 331 g/mol. The number of nitrogens with one attached hydrogen (secondary N) is 2. The minimum Gasteiger partial charge on any atom is -0.352 e. The van der Waals surface area contributed by atoms with Crippen molar-refractivity contribution in [1.29, 1.82) is 0 Å². The maximum atomic E-state index is 12.3. The minimum atomic E-state index is -0.0649. The zero-order valence-corrected chi connectivity index (χ0v) is 15.2. The van der Waals surface area contributed by atoms with E-state index in [0.717, 1.165) is 24.9 Å². The standard InChI is InChI=1S/C19H29N3O2/c1-14(23)21-17-6-5-11-22(13-17)18(24)20-12-15-7-9-16(10-8-15)19(2,3)4/h7-10,17H,5-6,11-13H2,1-4H3,(H,20,24)(H,21,23). The van der Waals surface area contributed by atoms with E-state index in [9.17, 15) is 9.59 Å². The number of hydrogen-bond donors (Lipinski definition) is 2. The molecule has 1 unspecified atom stereocenters. The van der Waals surface area contributed by atoms with E-state index in [0.29, 0.717) is 13.1 Å². The highest BCUT2D eigenvalue weighted by atomic mass is 16.2. The molecule has 1 fully saturated rings. The number of nitrogens with zero attached hydrogens (tertiary/aromatic N) is 1. The molecule has 0 aromatic heterocycles. The first-order chi connectivity index (χ1) is 11.3. The lowest BCUT2D eigenvalue weighted by Crippen LogP contribution is -2.51. The van der Waals surface area contributed by atoms with Crippen molar-refractivity contribution < 1.29 is 9.59 Å². The van der Waals surface area contributed by atoms with Crippen LogP contribution < -0.4 is 10.6 Å². The summed E-state index contributed by atoms with van der Waals surface area (Å²) >= 11 is 0. The Morgan fingerprint density at radius 3 is 2.46 bits per heavy atom. The Hall–Kier alpha value is -2.04. The van der Waals surface area contributed by atoms with Crippen molar-refractivity contribution in [2.24, 2.45) is 0 Å². The number of carbonyl (C=O) groups excluding carboxylic acids is 2. The number of carbonyl (C=O) groups is 2. The van der Waals surface area contributed by atoms with E-state index in [1.807, 2.05) is 0 Å². The summed E-state index contributed by atoms with van der Waals surface area (Å²) in [6.07, 6.45) is 1.84. The Balaban J connectivity index is 1.85. The number of hydrogen-bond acceptors (Lipinski definition) is 2. The lowest BCUT2D eigenvalue weighted by Gasteiger charge is -2.33. The summed E-state index contributed by atoms with van der Waals surface area (Å²) in [7, 11) is 0. The number of urea groups is 1. The lowest BCUT2D eigenvalue weighted by atomic mass is 9.87. The molecule has 132 valence electrons. The fourth-order valence-corrected chi connectivity index (χ4v) is 2.98. The molecule has 2 N–H and O–H groups in total. The van der Waals surface area contributed by atoms with Gasteiger partial charge in [-0.2, -0.15) is 0 Å². The van der Waals surface area contributed by atoms with Crippen molar-refractivity contribution in [3.63, 3.8) is 0 Å². The fraction of sp³-hybridized carbons (Fsp3) is 0.579. The molecule has 3 amide bonds. The molecule has 1 aliphatic heterocycles. The summed E-state index contributed by atoms with van der Waals surface area (Å²) in [4.78, 5) is 25.3. The van der Waals surface area contributed by atoms with E-state index in [1.54, 1.807) is 4.90 Å². The molecule has 24 heavy (non-hydrogen) atoms. The zero-order chi connectivity index (χ0) is 17.7. The molecule has 0 saturated carbocycles. The molecule has 1 aromatic carbocycles. The molecule has 5 heteroatoms. The van der Waals surface area contributed by atoms with Crippen molar-refractivity contribution in [1.82, 2.24) is 15.5 Å². The van der Waals surface area contributed by atoms with Crippen molar-refractivity contribution in [3.05, 3.63) is 35.4 Å². The number of rotatable bonds is 3. The van der Waals surface area contributed by atoms with Crippen LogP contribution in [0.25, 0.3) is 0 Å². The first-order valence-electron chi connectivity index (χ1n) is 8.65. The second-order valence-electron chi connectivity index (χ2n) is 7.59. The molecule has 0 bridgehead atoms. The molecule has 0 radical (unpaired) electrons. The van der Waals surface area contributed by atoms with Gasteiger partial charge in [-0.3, -0.25) is 4.79 Å². The van der Waals surface area contributed by atoms with Gasteiger partial charge in [0.25, 0.3) is 0 Å². The highest BCUT2D eigenvalue weighted by Crippen LogP contribution is 2.22. The van der Waals surface area contributed by atoms with Crippen molar-refractivity contribution >= 4 is 11.9 Å². The van der Waals surface area contributed by atoms with Crippen LogP contribution in [0, 0.1) is 0 Å². The van der Waals surface area contributed by atoms with Crippen LogP contribution in [-0.4, -0.2) is 36.0 Å². The van der Waals surface area contributed by atoms with Crippen LogP contribution in [0.2, 0.25) is 0 Å². The molecule has 1 atom stereocenters. The molecule has 1 saturated heterocycles. The lowest BCUT2D eigenvalue weighted by molar-refractivity contribution is -0.119. The van der Waals surface area contributed by atoms with Crippen molar-refractivity contribution in [2.45, 2.75) is 58.5 Å². The molecule has 1 aromatic rings. The number of likely N-dealkylation sites (tertiary alicyclic amines) is 1. The third-order valence-electron chi connectivity index (χ3n) is 4.38. The Morgan fingerprint density at radius 1 is 1.21 bits per heavy atom. The maximum Gasteiger partial charge on any atom is 0.317 e. The van der Waals surface area contributed by atoms with Crippen LogP contribution in [-0.2, 0) is 16.8 Å². The highest BCUT2D eigenvalue weighted by molar-refractivity contribution is 5.75. The summed E-state index contributed by atoms with van der Waals surface area (Å²) in [5, 5.41) is 5.88. The highest BCUT2D eigenvalue weighted by Gasteiger charge is 2.23. The second-order valence-corrected chi connectivity index (χ2v) is 7.59. The van der Waals surface area contributed by atoms with E-state index < -0.39 is 0 Å². The predicted octanol–water partition coefficient (Wildman–Crippen LogP) is 2.79. The van der Waals surface area contributed by atoms with Gasteiger partial charge >= 0.3 is 6.03 Å². The van der Waals surface area contributed by atoms with E-state index >= 15 is 0 Å². The van der Waals surface area contributed by atoms with E-state index in [2.05, 4.69) is 55.7 Å². The van der Waals surface area contributed by atoms with E-state index in [4.69, 9.17) is 0 Å². The maximum absolute atomic E-state index is 12.3. The van der Waals surface area contributed by atoms with E-state index in [1.165, 1.54) is 12.5 Å². The average Bonchev–Trinajstić information content (AvgIpc) is 2.52. The van der Waals surface area contributed by atoms with Crippen LogP contribution in [0.1, 0.15) is 51.7 Å². The van der Waals surface area contributed by atoms with E-state index in [-0.39, 0.29) is 23.4 Å². The summed E-state index contributed by atoms with van der Waals surface area (Å²) in [6, 6.07) is 8.37. The summed E-state index contributed by atoms with van der Waals surface area (Å²) in [6.45, 7) is 9.91. The normalized spacial score (nSPS) is 18.2. The monoisotopic (exact) mass is 331 g/mol. The number of benzene rings is 1. The topological polar surface area (TPSA) is 61.4 Å². The molecule has 1 aliphatic rings. The first kappa shape index (κ1) is 18.3. The first-order valence-corrected chi connectivity index (χ1v) is 8.65. The van der Waals surface area contributed by atoms with Gasteiger partial charge in [0.05, 0.1) is 0 Å². The molecular formula is C19H29N3O2. The molecule has 1 heterocycles. The van der Waals surface area contributed by atoms with Gasteiger partial charge in [-0.05, 0) is 29.4 Å². The minimum absolute atomic E-state index is 0.0406. The van der Waals surface area contributed by atoms with Gasteiger partial charge < -0.3 is 15.5 Å². The Morgan fingerprint density at radius 2 is 1.88 bits per heavy atom. The Labute approximate surface area is 144 Å². The van der Waals surface area contributed by atoms with Gasteiger partial charge in [-0.15, -0.1) is 0 Å². The molecule has 0 aliphatic carbocycles. The van der Waals surface area contributed by atoms with Gasteiger partial charge in [0.2, 0.25) is 5.91 Å². The summed E-state index contributed by atoms with van der Waals surface area (Å²) in [5.74, 6) is -0.0406. The van der Waals surface area contributed by atoms with Crippen LogP contribution >= 0.6 is 0 Å². The molecule has 0 spiro atoms. The van der Waals surface area contributed by atoms with Crippen LogP contribution in [0.15, 0.2) is 24.3 Å². The van der Waals surface area contributed by atoms with Crippen LogP contribution in [0.3, 0.4) is 0 Å². The smallest absolute Gasteiger partial charge is 0.317 e. The second kappa shape index (κ2) is 7.69. The van der Waals surface area contributed by atoms with Gasteiger partial charge in [-0.25, -0.2) is 4.79 Å². The Bertz CT molecular complexity index is 575. The van der Waals surface area contributed by atoms with Crippen molar-refractivity contribution in [2.75, 3.05) is 13.1 Å². The summed E-state index contributed by atoms with van der Waals surface area (Å²) < 4.78 is 0. The Kier molecular flexibility index (Phi) is 5.86. The number of amides is 3. The molecule has 2 rings (SSSR count). The quantitative estimate of drug-likeness (QED) is 0.895. The van der Waals surface area contributed by atoms with Gasteiger partial charge in [0, 0.05) is 32.6 Å². The third kappa shape index (κ3) is 5.25. The fourth-order valence-electron chi connectivity index (χ4n) is 2.98. The van der Waals surface area contributed by atoms with Crippen molar-refractivity contribution in [3.8, 4) is 0 Å². The van der Waals surface area contributed by atoms with Gasteiger partial charge in [0.15, 0.2) is 0 Å². The molecular weight excluding hydrogens is 302 g/mol. The zero-order valence-electron chi connectivity index (χ0n) is 15.2. The molecule has 5 nitrogen and oxygen atoms in total. The predicted molar refractivity (Wildman–Crippen MR) is 95.8 cm³/mol. The SMILES string of the molecule is CC(=O)NC1CCCN(C(=O)NCc2ccc(C(C)(C)C)cc2)C1. The van der Waals surface area contributed by atoms with Crippen LogP contribution in [0.4, 0.5) is 4.79 Å². The van der Waals surface area contributed by atoms with Crippen LogP contribution in [0.5, 0.6) is 0 Å². The van der Waals surface area contributed by atoms with Gasteiger partial charge in [-0.1, -0.05) is 45.0 Å². The summed E-state index contributed by atoms with van der Waals surface area (Å²) in [5.41, 5.74) is 2.51. The number of piperidine rings is 1. The largest absolute Gasteiger partial charge is 0.352 e.